The van der Waals surface area contributed by atoms with Gasteiger partial charge in [-0.1, -0.05) is 0 Å². The molecule has 0 aromatic carbocycles. The number of carbonyl (C=O) groups excluding carboxylic acids is 2. The molecule has 0 aliphatic carbocycles. The lowest BCUT2D eigenvalue weighted by Crippen LogP contribution is -2.46. The van der Waals surface area contributed by atoms with Crippen LogP contribution in [0.5, 0.6) is 0 Å². The number of ether oxygens (including phenoxy) is 3. The minimum atomic E-state index is -0.870. The zero-order valence-corrected chi connectivity index (χ0v) is 12.0. The van der Waals surface area contributed by atoms with Crippen LogP contribution in [0.15, 0.2) is 0 Å². The topological polar surface area (TPSA) is 61.8 Å². The third-order valence-electron chi connectivity index (χ3n) is 2.29. The van der Waals surface area contributed by atoms with Gasteiger partial charge in [0.05, 0.1) is 12.5 Å². The third-order valence-corrected chi connectivity index (χ3v) is 2.38. The van der Waals surface area contributed by atoms with E-state index in [0.717, 1.165) is 6.29 Å². The molecule has 104 valence electrons. The summed E-state index contributed by atoms with van der Waals surface area (Å²) in [5.74, 6) is -1.27. The van der Waals surface area contributed by atoms with Crippen molar-refractivity contribution < 1.29 is 23.8 Å². The van der Waals surface area contributed by atoms with Crippen molar-refractivity contribution in [2.45, 2.75) is 63.5 Å². The first-order chi connectivity index (χ1) is 8.11. The van der Waals surface area contributed by atoms with E-state index in [1.54, 1.807) is 27.7 Å². The molecule has 0 amide bonds. The van der Waals surface area contributed by atoms with E-state index in [1.165, 1.54) is 0 Å². The molecule has 0 saturated carbocycles. The maximum Gasteiger partial charge on any atom is 0.309 e. The number of hydrogen-bond donors (Lipinski definition) is 1. The SMILES string of the molecule is CC(C)(S)OC(=O)CC1CC(C=O)OC(C)(C)O1. The summed E-state index contributed by atoms with van der Waals surface area (Å²) in [5, 5.41) is 0. The lowest BCUT2D eigenvalue weighted by molar-refractivity contribution is -0.291. The van der Waals surface area contributed by atoms with Crippen LogP contribution in [0, 0.1) is 0 Å². The molecule has 1 fully saturated rings. The Hall–Kier alpha value is -0.590. The Morgan fingerprint density at radius 3 is 2.61 bits per heavy atom. The van der Waals surface area contributed by atoms with Crippen LogP contribution >= 0.6 is 12.6 Å². The summed E-state index contributed by atoms with van der Waals surface area (Å²) in [4.78, 5) is 21.6. The van der Waals surface area contributed by atoms with E-state index in [9.17, 15) is 9.59 Å². The molecule has 0 bridgehead atoms. The van der Waals surface area contributed by atoms with E-state index in [0.29, 0.717) is 6.42 Å². The molecule has 2 atom stereocenters. The Bertz CT molecular complexity index is 321. The average Bonchev–Trinajstić information content (AvgIpc) is 2.11. The first kappa shape index (κ1) is 15.5. The summed E-state index contributed by atoms with van der Waals surface area (Å²) >= 11 is 4.12. The number of esters is 1. The molecule has 1 rings (SSSR count). The molecule has 0 radical (unpaired) electrons. The minimum Gasteiger partial charge on any atom is -0.449 e. The molecule has 6 heteroatoms. The molecular formula is C12H20O5S. The molecule has 5 nitrogen and oxygen atoms in total. The van der Waals surface area contributed by atoms with Gasteiger partial charge in [-0.2, -0.15) is 0 Å². The van der Waals surface area contributed by atoms with Gasteiger partial charge in [0, 0.05) is 6.42 Å². The van der Waals surface area contributed by atoms with Crippen molar-refractivity contribution in [3.8, 4) is 0 Å². The molecular weight excluding hydrogens is 256 g/mol. The first-order valence-electron chi connectivity index (χ1n) is 5.86. The Kier molecular flexibility index (Phi) is 4.80. The van der Waals surface area contributed by atoms with Crippen LogP contribution in [-0.2, 0) is 23.8 Å². The van der Waals surface area contributed by atoms with E-state index in [4.69, 9.17) is 14.2 Å². The normalized spacial score (nSPS) is 27.6. The molecule has 0 spiro atoms. The standard InChI is InChI=1S/C12H20O5S/c1-11(2)15-8(5-9(7-13)16-11)6-10(14)17-12(3,4)18/h7-9,18H,5-6H2,1-4H3. The maximum absolute atomic E-state index is 11.7. The molecule has 0 N–H and O–H groups in total. The fraction of sp³-hybridized carbons (Fsp3) is 0.833. The number of hydrogen-bond acceptors (Lipinski definition) is 6. The fourth-order valence-electron chi connectivity index (χ4n) is 1.86. The Morgan fingerprint density at radius 2 is 2.11 bits per heavy atom. The summed E-state index contributed by atoms with van der Waals surface area (Å²) in [6.07, 6.45) is 0.240. The third kappa shape index (κ3) is 5.37. The number of rotatable bonds is 4. The molecule has 18 heavy (non-hydrogen) atoms. The highest BCUT2D eigenvalue weighted by atomic mass is 32.1. The Morgan fingerprint density at radius 1 is 1.50 bits per heavy atom. The van der Waals surface area contributed by atoms with E-state index < -0.39 is 22.8 Å². The second-order valence-corrected chi connectivity index (χ2v) is 6.37. The van der Waals surface area contributed by atoms with Gasteiger partial charge in [-0.05, 0) is 27.7 Å². The van der Waals surface area contributed by atoms with Crippen LogP contribution in [0.4, 0.5) is 0 Å². The van der Waals surface area contributed by atoms with Crippen molar-refractivity contribution in [1.29, 1.82) is 0 Å². The summed E-state index contributed by atoms with van der Waals surface area (Å²) in [6, 6.07) is 0. The van der Waals surface area contributed by atoms with Crippen LogP contribution < -0.4 is 0 Å². The summed E-state index contributed by atoms with van der Waals surface area (Å²) in [7, 11) is 0. The fourth-order valence-corrected chi connectivity index (χ4v) is 1.97. The van der Waals surface area contributed by atoms with Crippen LogP contribution in [-0.4, -0.2) is 35.2 Å². The molecule has 1 saturated heterocycles. The van der Waals surface area contributed by atoms with Crippen molar-refractivity contribution in [1.82, 2.24) is 0 Å². The molecule has 1 heterocycles. The lowest BCUT2D eigenvalue weighted by Gasteiger charge is -2.38. The van der Waals surface area contributed by atoms with Gasteiger partial charge >= 0.3 is 5.97 Å². The highest BCUT2D eigenvalue weighted by Gasteiger charge is 2.36. The van der Waals surface area contributed by atoms with Gasteiger partial charge in [0.15, 0.2) is 5.79 Å². The predicted octanol–water partition coefficient (Wildman–Crippen LogP) is 1.69. The average molecular weight is 276 g/mol. The maximum atomic E-state index is 11.7. The van der Waals surface area contributed by atoms with Crippen molar-refractivity contribution in [2.24, 2.45) is 0 Å². The zero-order valence-electron chi connectivity index (χ0n) is 11.1. The molecule has 0 aromatic rings. The number of aldehydes is 1. The van der Waals surface area contributed by atoms with E-state index in [-0.39, 0.29) is 12.5 Å². The van der Waals surface area contributed by atoms with Crippen molar-refractivity contribution in [3.63, 3.8) is 0 Å². The summed E-state index contributed by atoms with van der Waals surface area (Å²) < 4.78 is 16.1. The van der Waals surface area contributed by atoms with E-state index in [2.05, 4.69) is 12.6 Å². The highest BCUT2D eigenvalue weighted by Crippen LogP contribution is 2.28. The summed E-state index contributed by atoms with van der Waals surface area (Å²) in [6.45, 7) is 6.78. The number of carbonyl (C=O) groups is 2. The Labute approximate surface area is 113 Å². The largest absolute Gasteiger partial charge is 0.449 e. The Balaban J connectivity index is 2.56. The van der Waals surface area contributed by atoms with Crippen molar-refractivity contribution in [3.05, 3.63) is 0 Å². The monoisotopic (exact) mass is 276 g/mol. The predicted molar refractivity (Wildman–Crippen MR) is 68.3 cm³/mol. The highest BCUT2D eigenvalue weighted by molar-refractivity contribution is 7.81. The van der Waals surface area contributed by atoms with Crippen LogP contribution in [0.25, 0.3) is 0 Å². The van der Waals surface area contributed by atoms with Gasteiger partial charge in [-0.3, -0.25) is 4.79 Å². The van der Waals surface area contributed by atoms with E-state index >= 15 is 0 Å². The zero-order chi connectivity index (χ0) is 14.0. The van der Waals surface area contributed by atoms with Crippen LogP contribution in [0.2, 0.25) is 0 Å². The molecule has 0 aromatic heterocycles. The lowest BCUT2D eigenvalue weighted by atomic mass is 10.1. The first-order valence-corrected chi connectivity index (χ1v) is 6.31. The van der Waals surface area contributed by atoms with E-state index in [1.807, 2.05) is 0 Å². The van der Waals surface area contributed by atoms with Crippen LogP contribution in [0.3, 0.4) is 0 Å². The van der Waals surface area contributed by atoms with Gasteiger partial charge in [0.2, 0.25) is 0 Å². The van der Waals surface area contributed by atoms with Gasteiger partial charge in [0.25, 0.3) is 0 Å². The van der Waals surface area contributed by atoms with Crippen LogP contribution in [0.1, 0.15) is 40.5 Å². The smallest absolute Gasteiger partial charge is 0.309 e. The molecule has 1 aliphatic heterocycles. The minimum absolute atomic E-state index is 0.0844. The number of thiol groups is 1. The van der Waals surface area contributed by atoms with Crippen molar-refractivity contribution in [2.75, 3.05) is 0 Å². The summed E-state index contributed by atoms with van der Waals surface area (Å²) in [5.41, 5.74) is 0. The quantitative estimate of drug-likeness (QED) is 0.366. The second-order valence-electron chi connectivity index (χ2n) is 5.29. The second kappa shape index (κ2) is 5.59. The van der Waals surface area contributed by atoms with Gasteiger partial charge in [0.1, 0.15) is 17.3 Å². The van der Waals surface area contributed by atoms with Gasteiger partial charge in [-0.25, -0.2) is 0 Å². The van der Waals surface area contributed by atoms with Gasteiger partial charge in [-0.15, -0.1) is 12.6 Å². The molecule has 1 aliphatic rings. The molecule has 2 unspecified atom stereocenters. The van der Waals surface area contributed by atoms with Gasteiger partial charge < -0.3 is 19.0 Å². The van der Waals surface area contributed by atoms with Crippen molar-refractivity contribution >= 4 is 24.9 Å².